The van der Waals surface area contributed by atoms with Crippen LogP contribution in [0.2, 0.25) is 5.02 Å². The molecule has 9 heteroatoms. The molecule has 0 aliphatic rings. The molecule has 0 saturated heterocycles. The van der Waals surface area contributed by atoms with Crippen molar-refractivity contribution in [2.24, 2.45) is 0 Å². The van der Waals surface area contributed by atoms with Crippen LogP contribution >= 0.6 is 23.4 Å². The largest absolute Gasteiger partial charge is 0.322 e. The van der Waals surface area contributed by atoms with Crippen LogP contribution in [-0.4, -0.2) is 17.7 Å². The van der Waals surface area contributed by atoms with E-state index in [2.05, 4.69) is 16.0 Å². The summed E-state index contributed by atoms with van der Waals surface area (Å²) in [6.07, 6.45) is 1.56. The van der Waals surface area contributed by atoms with Crippen molar-refractivity contribution >= 4 is 58.5 Å². The third kappa shape index (κ3) is 8.69. The van der Waals surface area contributed by atoms with Crippen LogP contribution in [-0.2, 0) is 9.59 Å². The summed E-state index contributed by atoms with van der Waals surface area (Å²) in [5, 5.41) is 8.07. The number of benzene rings is 5. The van der Waals surface area contributed by atoms with Gasteiger partial charge in [0.15, 0.2) is 0 Å². The van der Waals surface area contributed by atoms with Crippen LogP contribution in [0.5, 0.6) is 0 Å². The van der Waals surface area contributed by atoms with Gasteiger partial charge in [-0.3, -0.25) is 14.4 Å². The molecule has 0 saturated carbocycles. The number of carbonyl (C=O) groups excluding carboxylic acids is 3. The Kier molecular flexibility index (Phi) is 10.4. The van der Waals surface area contributed by atoms with Crippen LogP contribution in [0.3, 0.4) is 0 Å². The monoisotopic (exact) mass is 635 g/mol. The van der Waals surface area contributed by atoms with Gasteiger partial charge in [0.2, 0.25) is 5.91 Å². The predicted molar refractivity (Wildman–Crippen MR) is 178 cm³/mol. The Morgan fingerprint density at radius 3 is 2.11 bits per heavy atom. The standard InChI is InChI=1S/C36H27ClFN3O3S/c37-27-20-18-24(19-21-27)22-32(41-34(42)26-12-5-2-6-13-26)35(43)39-28-14-9-15-29(23-28)45-33(25-10-3-1-4-11-25)36(44)40-31-17-8-7-16-30(31)38/h1-23,33H,(H,39,43)(H,40,44)(H,41,42)/b32-22-. The van der Waals surface area contributed by atoms with E-state index in [0.717, 1.165) is 5.56 Å². The minimum absolute atomic E-state index is 0.0238. The van der Waals surface area contributed by atoms with Gasteiger partial charge < -0.3 is 16.0 Å². The Balaban J connectivity index is 1.37. The van der Waals surface area contributed by atoms with Crippen LogP contribution in [0.25, 0.3) is 6.08 Å². The van der Waals surface area contributed by atoms with Crippen LogP contribution in [0.4, 0.5) is 15.8 Å². The van der Waals surface area contributed by atoms with Crippen molar-refractivity contribution in [1.29, 1.82) is 0 Å². The van der Waals surface area contributed by atoms with Gasteiger partial charge in [-0.25, -0.2) is 4.39 Å². The molecule has 6 nitrogen and oxygen atoms in total. The van der Waals surface area contributed by atoms with Crippen molar-refractivity contribution in [1.82, 2.24) is 5.32 Å². The maximum absolute atomic E-state index is 14.3. The second kappa shape index (κ2) is 15.0. The zero-order chi connectivity index (χ0) is 31.6. The first-order chi connectivity index (χ1) is 21.9. The molecule has 0 fully saturated rings. The van der Waals surface area contributed by atoms with Crippen molar-refractivity contribution in [3.8, 4) is 0 Å². The Bertz CT molecular complexity index is 1830. The van der Waals surface area contributed by atoms with Gasteiger partial charge in [-0.1, -0.05) is 90.5 Å². The second-order valence-electron chi connectivity index (χ2n) is 9.79. The number of thioether (sulfide) groups is 1. The predicted octanol–water partition coefficient (Wildman–Crippen LogP) is 8.36. The molecule has 1 atom stereocenters. The van der Waals surface area contributed by atoms with E-state index in [1.807, 2.05) is 36.4 Å². The Hall–Kier alpha value is -5.18. The van der Waals surface area contributed by atoms with E-state index in [0.29, 0.717) is 26.7 Å². The Labute approximate surface area is 269 Å². The van der Waals surface area contributed by atoms with Gasteiger partial charge in [0.05, 0.1) is 5.69 Å². The molecule has 45 heavy (non-hydrogen) atoms. The molecule has 3 N–H and O–H groups in total. The van der Waals surface area contributed by atoms with Gasteiger partial charge in [0.1, 0.15) is 16.8 Å². The van der Waals surface area contributed by atoms with E-state index < -0.39 is 28.8 Å². The molecule has 5 aromatic rings. The van der Waals surface area contributed by atoms with Gasteiger partial charge in [0.25, 0.3) is 11.8 Å². The van der Waals surface area contributed by atoms with E-state index >= 15 is 0 Å². The lowest BCUT2D eigenvalue weighted by Gasteiger charge is -2.18. The lowest BCUT2D eigenvalue weighted by Crippen LogP contribution is -2.30. The summed E-state index contributed by atoms with van der Waals surface area (Å²) in [5.41, 5.74) is 2.34. The molecule has 0 aromatic heterocycles. The number of para-hydroxylation sites is 1. The molecule has 0 aliphatic carbocycles. The number of anilines is 2. The average molecular weight is 636 g/mol. The number of hydrogen-bond donors (Lipinski definition) is 3. The number of hydrogen-bond acceptors (Lipinski definition) is 4. The van der Waals surface area contributed by atoms with Gasteiger partial charge in [-0.05, 0) is 71.8 Å². The zero-order valence-electron chi connectivity index (χ0n) is 23.7. The minimum atomic E-state index is -0.720. The third-order valence-electron chi connectivity index (χ3n) is 6.53. The quantitative estimate of drug-likeness (QED) is 0.106. The lowest BCUT2D eigenvalue weighted by atomic mass is 10.1. The molecule has 1 unspecified atom stereocenters. The van der Waals surface area contributed by atoms with E-state index in [4.69, 9.17) is 11.6 Å². The van der Waals surface area contributed by atoms with Crippen LogP contribution in [0.15, 0.2) is 144 Å². The van der Waals surface area contributed by atoms with Crippen molar-refractivity contribution < 1.29 is 18.8 Å². The van der Waals surface area contributed by atoms with Crippen molar-refractivity contribution in [3.63, 3.8) is 0 Å². The fourth-order valence-corrected chi connectivity index (χ4v) is 5.52. The number of nitrogens with one attached hydrogen (secondary N) is 3. The minimum Gasteiger partial charge on any atom is -0.322 e. The molecule has 0 spiro atoms. The first kappa shape index (κ1) is 31.3. The van der Waals surface area contributed by atoms with E-state index in [1.54, 1.807) is 91.0 Å². The summed E-state index contributed by atoms with van der Waals surface area (Å²) in [6, 6.07) is 37.6. The van der Waals surface area contributed by atoms with Gasteiger partial charge in [-0.2, -0.15) is 0 Å². The van der Waals surface area contributed by atoms with Crippen molar-refractivity contribution in [2.75, 3.05) is 10.6 Å². The molecular formula is C36H27ClFN3O3S. The molecule has 5 rings (SSSR count). The fourth-order valence-electron chi connectivity index (χ4n) is 4.31. The normalized spacial score (nSPS) is 11.7. The smallest absolute Gasteiger partial charge is 0.272 e. The highest BCUT2D eigenvalue weighted by atomic mass is 35.5. The number of halogens is 2. The van der Waals surface area contributed by atoms with Crippen molar-refractivity contribution in [3.05, 3.63) is 167 Å². The maximum atomic E-state index is 14.3. The molecule has 0 heterocycles. The number of carbonyl (C=O) groups is 3. The summed E-state index contributed by atoms with van der Waals surface area (Å²) in [7, 11) is 0. The van der Waals surface area contributed by atoms with E-state index in [1.165, 1.54) is 23.9 Å². The highest BCUT2D eigenvalue weighted by Gasteiger charge is 2.23. The first-order valence-corrected chi connectivity index (χ1v) is 15.1. The highest BCUT2D eigenvalue weighted by molar-refractivity contribution is 8.00. The number of amides is 3. The summed E-state index contributed by atoms with van der Waals surface area (Å²) in [5.74, 6) is -1.92. The first-order valence-electron chi connectivity index (χ1n) is 13.9. The van der Waals surface area contributed by atoms with Gasteiger partial charge in [0, 0.05) is 21.2 Å². The summed E-state index contributed by atoms with van der Waals surface area (Å²) in [4.78, 5) is 40.6. The van der Waals surface area contributed by atoms with E-state index in [-0.39, 0.29) is 11.4 Å². The maximum Gasteiger partial charge on any atom is 0.272 e. The fraction of sp³-hybridized carbons (Fsp3) is 0.0278. The molecular weight excluding hydrogens is 609 g/mol. The Morgan fingerprint density at radius 1 is 0.733 bits per heavy atom. The van der Waals surface area contributed by atoms with Crippen LogP contribution < -0.4 is 16.0 Å². The van der Waals surface area contributed by atoms with Crippen LogP contribution in [0.1, 0.15) is 26.7 Å². The average Bonchev–Trinajstić information content (AvgIpc) is 3.06. The topological polar surface area (TPSA) is 87.3 Å². The molecule has 3 amide bonds. The molecule has 0 radical (unpaired) electrons. The summed E-state index contributed by atoms with van der Waals surface area (Å²) >= 11 is 7.28. The SMILES string of the molecule is O=C(Nc1cccc(SC(C(=O)Nc2ccccc2F)c2ccccc2)c1)/C(=C/c1ccc(Cl)cc1)NC(=O)c1ccccc1. The summed E-state index contributed by atoms with van der Waals surface area (Å²) < 4.78 is 14.3. The molecule has 224 valence electrons. The molecule has 5 aromatic carbocycles. The van der Waals surface area contributed by atoms with Gasteiger partial charge >= 0.3 is 0 Å². The highest BCUT2D eigenvalue weighted by Crippen LogP contribution is 2.37. The Morgan fingerprint density at radius 2 is 1.40 bits per heavy atom. The molecule has 0 aliphatic heterocycles. The van der Waals surface area contributed by atoms with Gasteiger partial charge in [-0.15, -0.1) is 11.8 Å². The van der Waals surface area contributed by atoms with E-state index in [9.17, 15) is 18.8 Å². The summed E-state index contributed by atoms with van der Waals surface area (Å²) in [6.45, 7) is 0. The third-order valence-corrected chi connectivity index (χ3v) is 8.03. The van der Waals surface area contributed by atoms with Crippen molar-refractivity contribution in [2.45, 2.75) is 10.1 Å². The second-order valence-corrected chi connectivity index (χ2v) is 11.4. The zero-order valence-corrected chi connectivity index (χ0v) is 25.3. The number of rotatable bonds is 10. The van der Waals surface area contributed by atoms with Crippen LogP contribution in [0, 0.1) is 5.82 Å². The molecule has 0 bridgehead atoms. The lowest BCUT2D eigenvalue weighted by molar-refractivity contribution is -0.116.